The lowest BCUT2D eigenvalue weighted by Gasteiger charge is -2.31. The molecule has 6 nitrogen and oxygen atoms in total. The number of nitrogens with one attached hydrogen (secondary N) is 1. The maximum Gasteiger partial charge on any atom is 0.229 e. The lowest BCUT2D eigenvalue weighted by atomic mass is 10.1. The fourth-order valence-electron chi connectivity index (χ4n) is 3.73. The number of halogens is 2. The van der Waals surface area contributed by atoms with Crippen molar-refractivity contribution in [2.45, 2.75) is 38.3 Å². The number of carbonyl (C=O) groups is 1. The van der Waals surface area contributed by atoms with Gasteiger partial charge in [-0.05, 0) is 56.6 Å². The van der Waals surface area contributed by atoms with Crippen LogP contribution in [0.25, 0.3) is 5.65 Å². The van der Waals surface area contributed by atoms with Crippen LogP contribution in [0.15, 0.2) is 55.0 Å². The second kappa shape index (κ2) is 11.1. The van der Waals surface area contributed by atoms with E-state index in [1.807, 2.05) is 58.1 Å². The van der Waals surface area contributed by atoms with Crippen LogP contribution in [0.1, 0.15) is 30.7 Å². The van der Waals surface area contributed by atoms with Crippen LogP contribution in [0.3, 0.4) is 0 Å². The molecule has 29 heavy (non-hydrogen) atoms. The Kier molecular flexibility index (Phi) is 8.89. The monoisotopic (exact) mass is 435 g/mol. The van der Waals surface area contributed by atoms with Crippen molar-refractivity contribution in [2.75, 3.05) is 13.1 Å². The Bertz CT molecular complexity index is 861. The summed E-state index contributed by atoms with van der Waals surface area (Å²) in [5, 5.41) is 3.43. The summed E-state index contributed by atoms with van der Waals surface area (Å²) < 4.78 is 1.96. The maximum atomic E-state index is 13.2. The number of amides is 1. The third kappa shape index (κ3) is 5.92. The molecule has 0 aromatic carbocycles. The Morgan fingerprint density at radius 2 is 1.97 bits per heavy atom. The molecule has 1 aliphatic rings. The fraction of sp³-hybridized carbons (Fsp3) is 0.381. The molecule has 1 atom stereocenters. The van der Waals surface area contributed by atoms with E-state index in [-0.39, 0.29) is 36.8 Å². The standard InChI is InChI=1S/C21H25N5O.2ClH/c27-21(14-18-15-25-13-4-2-8-20(25)24-18)26(16-17-6-1-3-11-23-17)19-7-5-10-22-12-9-19;;/h1-4,6,8,11,13,15,19,22H,5,7,9-10,12,14,16H2;2*1H. The average Bonchev–Trinajstić information content (AvgIpc) is 2.91. The van der Waals surface area contributed by atoms with Gasteiger partial charge < -0.3 is 14.6 Å². The molecule has 1 amide bonds. The smallest absolute Gasteiger partial charge is 0.229 e. The molecule has 4 heterocycles. The summed E-state index contributed by atoms with van der Waals surface area (Å²) in [5.41, 5.74) is 2.61. The molecule has 1 saturated heterocycles. The number of hydrogen-bond acceptors (Lipinski definition) is 4. The van der Waals surface area contributed by atoms with E-state index in [1.54, 1.807) is 6.20 Å². The van der Waals surface area contributed by atoms with Crippen LogP contribution >= 0.6 is 24.8 Å². The molecule has 3 aromatic heterocycles. The van der Waals surface area contributed by atoms with Gasteiger partial charge in [-0.2, -0.15) is 0 Å². The normalized spacial score (nSPS) is 16.3. The Balaban J connectivity index is 0.00000150. The number of imidazole rings is 1. The molecule has 156 valence electrons. The van der Waals surface area contributed by atoms with E-state index >= 15 is 0 Å². The van der Waals surface area contributed by atoms with Gasteiger partial charge in [0.1, 0.15) is 5.65 Å². The molecule has 0 saturated carbocycles. The molecule has 0 bridgehead atoms. The van der Waals surface area contributed by atoms with Crippen LogP contribution in [0.2, 0.25) is 0 Å². The minimum Gasteiger partial charge on any atom is -0.333 e. The van der Waals surface area contributed by atoms with Crippen LogP contribution in [-0.2, 0) is 17.8 Å². The van der Waals surface area contributed by atoms with Gasteiger partial charge in [0.15, 0.2) is 0 Å². The number of nitrogens with zero attached hydrogens (tertiary/aromatic N) is 4. The largest absolute Gasteiger partial charge is 0.333 e. The third-order valence-corrected chi connectivity index (χ3v) is 5.11. The third-order valence-electron chi connectivity index (χ3n) is 5.11. The Hall–Kier alpha value is -2.15. The number of hydrogen-bond donors (Lipinski definition) is 1. The molecule has 8 heteroatoms. The van der Waals surface area contributed by atoms with Gasteiger partial charge >= 0.3 is 0 Å². The predicted octanol–water partition coefficient (Wildman–Crippen LogP) is 3.29. The van der Waals surface area contributed by atoms with Gasteiger partial charge in [0.25, 0.3) is 0 Å². The second-order valence-electron chi connectivity index (χ2n) is 7.05. The molecule has 0 radical (unpaired) electrons. The molecule has 1 aliphatic heterocycles. The van der Waals surface area contributed by atoms with Crippen molar-refractivity contribution in [3.8, 4) is 0 Å². The molecule has 4 rings (SSSR count). The van der Waals surface area contributed by atoms with E-state index in [1.165, 1.54) is 0 Å². The van der Waals surface area contributed by atoms with Gasteiger partial charge in [0, 0.05) is 24.6 Å². The van der Waals surface area contributed by atoms with E-state index in [9.17, 15) is 4.79 Å². The predicted molar refractivity (Wildman–Crippen MR) is 119 cm³/mol. The van der Waals surface area contributed by atoms with Crippen LogP contribution in [0.5, 0.6) is 0 Å². The highest BCUT2D eigenvalue weighted by molar-refractivity contribution is 5.85. The van der Waals surface area contributed by atoms with Crippen molar-refractivity contribution < 1.29 is 4.79 Å². The van der Waals surface area contributed by atoms with Crippen molar-refractivity contribution in [1.82, 2.24) is 24.6 Å². The van der Waals surface area contributed by atoms with Gasteiger partial charge in [-0.25, -0.2) is 4.98 Å². The van der Waals surface area contributed by atoms with Gasteiger partial charge in [-0.1, -0.05) is 12.1 Å². The lowest BCUT2D eigenvalue weighted by molar-refractivity contribution is -0.133. The quantitative estimate of drug-likeness (QED) is 0.667. The SMILES string of the molecule is Cl.Cl.O=C(Cc1cn2ccccc2n1)N(Cc1ccccn1)C1CCCNCC1. The fourth-order valence-corrected chi connectivity index (χ4v) is 3.73. The van der Waals surface area contributed by atoms with Gasteiger partial charge in [-0.3, -0.25) is 9.78 Å². The maximum absolute atomic E-state index is 13.2. The summed E-state index contributed by atoms with van der Waals surface area (Å²) in [6, 6.07) is 12.0. The summed E-state index contributed by atoms with van der Waals surface area (Å²) in [4.78, 5) is 24.3. The van der Waals surface area contributed by atoms with Crippen LogP contribution in [0, 0.1) is 0 Å². The Labute approximate surface area is 183 Å². The van der Waals surface area contributed by atoms with Gasteiger partial charge in [-0.15, -0.1) is 24.8 Å². The summed E-state index contributed by atoms with van der Waals surface area (Å²) >= 11 is 0. The minimum atomic E-state index is 0. The molecule has 1 unspecified atom stereocenters. The van der Waals surface area contributed by atoms with E-state index in [0.717, 1.165) is 49.4 Å². The van der Waals surface area contributed by atoms with E-state index in [0.29, 0.717) is 13.0 Å². The van der Waals surface area contributed by atoms with Gasteiger partial charge in [0.05, 0.1) is 24.4 Å². The summed E-state index contributed by atoms with van der Waals surface area (Å²) in [6.07, 6.45) is 9.10. The zero-order valence-electron chi connectivity index (χ0n) is 16.2. The highest BCUT2D eigenvalue weighted by Gasteiger charge is 2.25. The average molecular weight is 436 g/mol. The molecule has 1 N–H and O–H groups in total. The van der Waals surface area contributed by atoms with E-state index < -0.39 is 0 Å². The minimum absolute atomic E-state index is 0. The first-order valence-corrected chi connectivity index (χ1v) is 9.62. The number of aromatic nitrogens is 3. The van der Waals surface area contributed by atoms with Crippen molar-refractivity contribution >= 4 is 36.4 Å². The van der Waals surface area contributed by atoms with E-state index in [4.69, 9.17) is 0 Å². The second-order valence-corrected chi connectivity index (χ2v) is 7.05. The Morgan fingerprint density at radius 1 is 1.10 bits per heavy atom. The first kappa shape index (κ1) is 23.1. The summed E-state index contributed by atoms with van der Waals surface area (Å²) in [5.74, 6) is 0.121. The molecular formula is C21H27Cl2N5O. The van der Waals surface area contributed by atoms with Crippen LogP contribution in [-0.4, -0.2) is 44.3 Å². The molecule has 0 spiro atoms. The topological polar surface area (TPSA) is 62.5 Å². The zero-order valence-corrected chi connectivity index (χ0v) is 17.9. The first-order chi connectivity index (χ1) is 13.3. The molecular weight excluding hydrogens is 409 g/mol. The van der Waals surface area contributed by atoms with E-state index in [2.05, 4.69) is 15.3 Å². The van der Waals surface area contributed by atoms with Gasteiger partial charge in [0.2, 0.25) is 5.91 Å². The zero-order chi connectivity index (χ0) is 18.5. The van der Waals surface area contributed by atoms with Crippen LogP contribution in [0.4, 0.5) is 0 Å². The summed E-state index contributed by atoms with van der Waals surface area (Å²) in [7, 11) is 0. The number of pyridine rings is 2. The van der Waals surface area contributed by atoms with Crippen LogP contribution < -0.4 is 5.32 Å². The van der Waals surface area contributed by atoms with Crippen molar-refractivity contribution in [3.63, 3.8) is 0 Å². The highest BCUT2D eigenvalue weighted by Crippen LogP contribution is 2.18. The Morgan fingerprint density at radius 3 is 2.76 bits per heavy atom. The summed E-state index contributed by atoms with van der Waals surface area (Å²) in [6.45, 7) is 2.53. The first-order valence-electron chi connectivity index (χ1n) is 9.62. The van der Waals surface area contributed by atoms with Crippen molar-refractivity contribution in [2.24, 2.45) is 0 Å². The lowest BCUT2D eigenvalue weighted by Crippen LogP contribution is -2.41. The molecule has 3 aromatic rings. The number of fused-ring (bicyclic) bond motifs is 1. The number of rotatable bonds is 5. The molecule has 1 fully saturated rings. The van der Waals surface area contributed by atoms with Crippen molar-refractivity contribution in [3.05, 3.63) is 66.4 Å². The number of carbonyl (C=O) groups excluding carboxylic acids is 1. The highest BCUT2D eigenvalue weighted by atomic mass is 35.5. The molecule has 0 aliphatic carbocycles. The van der Waals surface area contributed by atoms with Crippen molar-refractivity contribution in [1.29, 1.82) is 0 Å².